The number of nitrogens with zero attached hydrogens (tertiary/aromatic N) is 4. The molecule has 2 heterocycles. The van der Waals surface area contributed by atoms with E-state index < -0.39 is 0 Å². The van der Waals surface area contributed by atoms with Gasteiger partial charge in [0.15, 0.2) is 0 Å². The SMILES string of the molecule is CCSc1nncn1/N=C\c1ccc(COc2ccccc2)o1. The monoisotopic (exact) mass is 328 g/mol. The molecular formula is C16H16N4O2S. The highest BCUT2D eigenvalue weighted by molar-refractivity contribution is 7.99. The third-order valence-electron chi connectivity index (χ3n) is 2.89. The van der Waals surface area contributed by atoms with E-state index in [2.05, 4.69) is 22.2 Å². The Labute approximate surface area is 138 Å². The van der Waals surface area contributed by atoms with Gasteiger partial charge < -0.3 is 9.15 Å². The molecule has 2 aromatic heterocycles. The second kappa shape index (κ2) is 7.64. The van der Waals surface area contributed by atoms with Gasteiger partial charge in [-0.15, -0.1) is 10.2 Å². The van der Waals surface area contributed by atoms with Crippen LogP contribution in [0.1, 0.15) is 18.4 Å². The molecule has 0 N–H and O–H groups in total. The number of ether oxygens (including phenoxy) is 1. The number of rotatable bonds is 7. The third-order valence-corrected chi connectivity index (χ3v) is 3.71. The molecule has 118 valence electrons. The van der Waals surface area contributed by atoms with Gasteiger partial charge in [0.1, 0.15) is 30.2 Å². The van der Waals surface area contributed by atoms with Crippen LogP contribution >= 0.6 is 11.8 Å². The molecule has 0 aliphatic heterocycles. The van der Waals surface area contributed by atoms with Gasteiger partial charge >= 0.3 is 0 Å². The normalized spacial score (nSPS) is 11.2. The predicted octanol–water partition coefficient (Wildman–Crippen LogP) is 3.44. The zero-order valence-electron chi connectivity index (χ0n) is 12.6. The molecule has 3 rings (SSSR count). The van der Waals surface area contributed by atoms with Gasteiger partial charge in [-0.1, -0.05) is 36.9 Å². The molecule has 1 aromatic carbocycles. The van der Waals surface area contributed by atoms with E-state index in [0.717, 1.165) is 22.4 Å². The third kappa shape index (κ3) is 4.23. The van der Waals surface area contributed by atoms with Gasteiger partial charge in [-0.2, -0.15) is 9.78 Å². The first-order chi connectivity index (χ1) is 11.3. The number of hydrogen-bond acceptors (Lipinski definition) is 6. The Balaban J connectivity index is 1.60. The maximum Gasteiger partial charge on any atom is 0.211 e. The summed E-state index contributed by atoms with van der Waals surface area (Å²) >= 11 is 1.58. The minimum atomic E-state index is 0.376. The summed E-state index contributed by atoms with van der Waals surface area (Å²) in [6.07, 6.45) is 3.20. The Morgan fingerprint density at radius 2 is 2.13 bits per heavy atom. The lowest BCUT2D eigenvalue weighted by atomic mass is 10.3. The van der Waals surface area contributed by atoms with Crippen molar-refractivity contribution in [1.29, 1.82) is 0 Å². The molecule has 6 nitrogen and oxygen atoms in total. The van der Waals surface area contributed by atoms with E-state index in [0.29, 0.717) is 12.4 Å². The Morgan fingerprint density at radius 1 is 1.26 bits per heavy atom. The summed E-state index contributed by atoms with van der Waals surface area (Å²) in [6, 6.07) is 13.3. The average Bonchev–Trinajstić information content (AvgIpc) is 3.21. The number of para-hydroxylation sites is 1. The highest BCUT2D eigenvalue weighted by Crippen LogP contribution is 2.15. The standard InChI is InChI=1S/C16H16N4O2S/c1-2-23-16-19-17-12-20(16)18-10-14-8-9-15(22-14)11-21-13-6-4-3-5-7-13/h3-10,12H,2,11H2,1H3/b18-10-. The molecule has 0 amide bonds. The minimum Gasteiger partial charge on any atom is -0.486 e. The summed E-state index contributed by atoms with van der Waals surface area (Å²) < 4.78 is 12.9. The van der Waals surface area contributed by atoms with Crippen molar-refractivity contribution in [2.45, 2.75) is 18.7 Å². The summed E-state index contributed by atoms with van der Waals surface area (Å²) in [5, 5.41) is 12.9. The Bertz CT molecular complexity index is 767. The van der Waals surface area contributed by atoms with Gasteiger partial charge in [0, 0.05) is 0 Å². The number of aromatic nitrogens is 3. The van der Waals surface area contributed by atoms with Gasteiger partial charge in [0.2, 0.25) is 5.16 Å². The van der Waals surface area contributed by atoms with Crippen molar-refractivity contribution in [3.05, 3.63) is 60.3 Å². The van der Waals surface area contributed by atoms with Crippen molar-refractivity contribution >= 4 is 18.0 Å². The molecule has 0 saturated heterocycles. The summed E-state index contributed by atoms with van der Waals surface area (Å²) in [6.45, 7) is 2.43. The first kappa shape index (κ1) is 15.4. The molecule has 0 spiro atoms. The number of furan rings is 1. The van der Waals surface area contributed by atoms with Crippen molar-refractivity contribution in [2.75, 3.05) is 5.75 Å². The van der Waals surface area contributed by atoms with Gasteiger partial charge in [-0.25, -0.2) is 0 Å². The van der Waals surface area contributed by atoms with Crippen LogP contribution in [0.25, 0.3) is 0 Å². The van der Waals surface area contributed by atoms with Crippen molar-refractivity contribution in [2.24, 2.45) is 5.10 Å². The van der Waals surface area contributed by atoms with Crippen LogP contribution in [0.4, 0.5) is 0 Å². The molecule has 0 atom stereocenters. The number of benzene rings is 1. The van der Waals surface area contributed by atoms with Crippen LogP contribution in [-0.2, 0) is 6.61 Å². The highest BCUT2D eigenvalue weighted by Gasteiger charge is 2.04. The first-order valence-electron chi connectivity index (χ1n) is 7.19. The van der Waals surface area contributed by atoms with Crippen LogP contribution in [0.3, 0.4) is 0 Å². The molecule has 23 heavy (non-hydrogen) atoms. The van der Waals surface area contributed by atoms with Gasteiger partial charge in [-0.05, 0) is 30.0 Å². The van der Waals surface area contributed by atoms with Crippen LogP contribution in [-0.4, -0.2) is 26.8 Å². The minimum absolute atomic E-state index is 0.376. The van der Waals surface area contributed by atoms with Gasteiger partial charge in [0.25, 0.3) is 0 Å². The molecule has 0 unspecified atom stereocenters. The van der Waals surface area contributed by atoms with Crippen molar-refractivity contribution in [3.63, 3.8) is 0 Å². The largest absolute Gasteiger partial charge is 0.486 e. The Morgan fingerprint density at radius 3 is 2.96 bits per heavy atom. The summed E-state index contributed by atoms with van der Waals surface area (Å²) in [5.41, 5.74) is 0. The molecular weight excluding hydrogens is 312 g/mol. The van der Waals surface area contributed by atoms with E-state index in [1.54, 1.807) is 29.0 Å². The summed E-state index contributed by atoms with van der Waals surface area (Å²) in [5.74, 6) is 3.11. The maximum absolute atomic E-state index is 5.67. The van der Waals surface area contributed by atoms with Crippen LogP contribution in [0.15, 0.2) is 63.5 Å². The van der Waals surface area contributed by atoms with Crippen LogP contribution in [0, 0.1) is 0 Å². The summed E-state index contributed by atoms with van der Waals surface area (Å²) in [7, 11) is 0. The van der Waals surface area contributed by atoms with Gasteiger partial charge in [0.05, 0.1) is 6.21 Å². The van der Waals surface area contributed by atoms with E-state index in [4.69, 9.17) is 9.15 Å². The fourth-order valence-corrected chi connectivity index (χ4v) is 2.44. The maximum atomic E-state index is 5.67. The lowest BCUT2D eigenvalue weighted by Gasteiger charge is -2.02. The smallest absolute Gasteiger partial charge is 0.211 e. The van der Waals surface area contributed by atoms with E-state index in [1.807, 2.05) is 42.5 Å². The zero-order valence-corrected chi connectivity index (χ0v) is 13.4. The van der Waals surface area contributed by atoms with E-state index in [1.165, 1.54) is 0 Å². The second-order valence-electron chi connectivity index (χ2n) is 4.54. The quantitative estimate of drug-likeness (QED) is 0.491. The Kier molecular flexibility index (Phi) is 5.10. The fraction of sp³-hybridized carbons (Fsp3) is 0.188. The molecule has 7 heteroatoms. The number of thioether (sulfide) groups is 1. The Hall–Kier alpha value is -2.54. The zero-order chi connectivity index (χ0) is 15.9. The van der Waals surface area contributed by atoms with E-state index >= 15 is 0 Å². The van der Waals surface area contributed by atoms with Crippen molar-refractivity contribution in [3.8, 4) is 5.75 Å². The highest BCUT2D eigenvalue weighted by atomic mass is 32.2. The predicted molar refractivity (Wildman–Crippen MR) is 88.9 cm³/mol. The van der Waals surface area contributed by atoms with Crippen LogP contribution in [0.2, 0.25) is 0 Å². The molecule has 0 aliphatic rings. The summed E-state index contributed by atoms with van der Waals surface area (Å²) in [4.78, 5) is 0. The van der Waals surface area contributed by atoms with Gasteiger partial charge in [-0.3, -0.25) is 0 Å². The molecule has 3 aromatic rings. The molecule has 0 fully saturated rings. The molecule has 0 radical (unpaired) electrons. The van der Waals surface area contributed by atoms with E-state index in [-0.39, 0.29) is 0 Å². The lowest BCUT2D eigenvalue weighted by molar-refractivity contribution is 0.270. The fourth-order valence-electron chi connectivity index (χ4n) is 1.85. The second-order valence-corrected chi connectivity index (χ2v) is 5.77. The van der Waals surface area contributed by atoms with E-state index in [9.17, 15) is 0 Å². The number of hydrogen-bond donors (Lipinski definition) is 0. The first-order valence-corrected chi connectivity index (χ1v) is 8.17. The topological polar surface area (TPSA) is 65.4 Å². The molecule has 0 saturated carbocycles. The molecule has 0 bridgehead atoms. The van der Waals surface area contributed by atoms with Crippen molar-refractivity contribution < 1.29 is 9.15 Å². The lowest BCUT2D eigenvalue weighted by Crippen LogP contribution is -1.93. The van der Waals surface area contributed by atoms with Crippen LogP contribution < -0.4 is 4.74 Å². The van der Waals surface area contributed by atoms with Crippen LogP contribution in [0.5, 0.6) is 5.75 Å². The average molecular weight is 328 g/mol. The van der Waals surface area contributed by atoms with Crippen molar-refractivity contribution in [1.82, 2.24) is 14.9 Å². The molecule has 0 aliphatic carbocycles.